The van der Waals surface area contributed by atoms with Crippen LogP contribution in [0.2, 0.25) is 0 Å². The largest absolute Gasteiger partial charge is 0.507 e. The molecule has 15 heteroatoms. The van der Waals surface area contributed by atoms with Crippen molar-refractivity contribution in [3.05, 3.63) is 106 Å². The lowest BCUT2D eigenvalue weighted by molar-refractivity contribution is -0.135. The van der Waals surface area contributed by atoms with Crippen molar-refractivity contribution in [3.8, 4) is 69.0 Å². The fourth-order valence-corrected chi connectivity index (χ4v) is 7.66. The predicted octanol–water partition coefficient (Wildman–Crippen LogP) is 4.14. The average Bonchev–Trinajstić information content (AvgIpc) is 3.12. The summed E-state index contributed by atoms with van der Waals surface area (Å²) < 4.78 is 18.3. The van der Waals surface area contributed by atoms with E-state index in [9.17, 15) is 61.0 Å². The lowest BCUT2D eigenvalue weighted by Gasteiger charge is -2.42. The lowest BCUT2D eigenvalue weighted by atomic mass is 9.74. The number of phenolic OH excluding ortho intramolecular Hbond substituents is 9. The Morgan fingerprint density at radius 1 is 0.500 bits per heavy atom. The van der Waals surface area contributed by atoms with Crippen LogP contribution in [0.15, 0.2) is 66.7 Å². The van der Waals surface area contributed by atoms with Crippen LogP contribution in [-0.4, -0.2) is 74.3 Å². The molecule has 278 valence electrons. The van der Waals surface area contributed by atoms with Gasteiger partial charge in [-0.2, -0.15) is 0 Å². The molecule has 0 unspecified atom stereocenters. The van der Waals surface area contributed by atoms with Gasteiger partial charge >= 0.3 is 5.97 Å². The minimum atomic E-state index is -1.74. The van der Waals surface area contributed by atoms with E-state index in [4.69, 9.17) is 14.2 Å². The Bertz CT molecular complexity index is 2370. The number of esters is 1. The number of ether oxygens (including phenoxy) is 3. The molecule has 11 N–H and O–H groups in total. The van der Waals surface area contributed by atoms with E-state index < -0.39 is 94.0 Å². The molecule has 0 aromatic heterocycles. The van der Waals surface area contributed by atoms with Gasteiger partial charge in [-0.1, -0.05) is 18.2 Å². The summed E-state index contributed by atoms with van der Waals surface area (Å²) in [6, 6.07) is 13.5. The van der Waals surface area contributed by atoms with Crippen molar-refractivity contribution in [1.82, 2.24) is 0 Å². The van der Waals surface area contributed by atoms with Gasteiger partial charge in [-0.05, 0) is 53.1 Å². The third-order valence-corrected chi connectivity index (χ3v) is 10.2. The molecule has 0 spiro atoms. The van der Waals surface area contributed by atoms with Crippen molar-refractivity contribution >= 4 is 5.97 Å². The van der Waals surface area contributed by atoms with Gasteiger partial charge < -0.3 is 70.4 Å². The van der Waals surface area contributed by atoms with E-state index in [2.05, 4.69) is 0 Å². The number of aromatic hydroxyl groups is 9. The highest BCUT2D eigenvalue weighted by atomic mass is 16.5. The van der Waals surface area contributed by atoms with Gasteiger partial charge in [0.2, 0.25) is 0 Å². The molecular weight excluding hydrogens is 708 g/mol. The number of rotatable bonds is 4. The van der Waals surface area contributed by atoms with Crippen LogP contribution in [-0.2, 0) is 11.2 Å². The Morgan fingerprint density at radius 2 is 1.02 bits per heavy atom. The molecule has 5 aromatic rings. The summed E-state index contributed by atoms with van der Waals surface area (Å²) in [5.41, 5.74) is 0.580. The second-order valence-electron chi connectivity index (χ2n) is 13.5. The fourth-order valence-electron chi connectivity index (χ4n) is 7.66. The summed E-state index contributed by atoms with van der Waals surface area (Å²) in [6.45, 7) is 0. The lowest BCUT2D eigenvalue weighted by Crippen LogP contribution is -2.37. The monoisotopic (exact) mass is 740 g/mol. The van der Waals surface area contributed by atoms with Crippen LogP contribution in [0.1, 0.15) is 69.4 Å². The molecule has 8 rings (SSSR count). The Labute approximate surface area is 304 Å². The first kappa shape index (κ1) is 34.4. The zero-order valence-corrected chi connectivity index (χ0v) is 27.8. The van der Waals surface area contributed by atoms with E-state index in [1.165, 1.54) is 42.5 Å². The zero-order valence-electron chi connectivity index (χ0n) is 27.8. The number of benzene rings is 5. The molecule has 0 radical (unpaired) electrons. The molecule has 54 heavy (non-hydrogen) atoms. The average molecular weight is 741 g/mol. The first-order chi connectivity index (χ1) is 25.7. The molecule has 0 amide bonds. The maximum absolute atomic E-state index is 12.9. The number of hydrogen-bond donors (Lipinski definition) is 11. The molecule has 0 aliphatic carbocycles. The van der Waals surface area contributed by atoms with Crippen LogP contribution in [0, 0.1) is 0 Å². The number of aliphatic hydroxyl groups is 2. The van der Waals surface area contributed by atoms with Gasteiger partial charge in [-0.15, -0.1) is 0 Å². The second-order valence-corrected chi connectivity index (χ2v) is 13.5. The van der Waals surface area contributed by atoms with E-state index in [1.807, 2.05) is 0 Å². The van der Waals surface area contributed by atoms with Crippen LogP contribution in [0.4, 0.5) is 0 Å². The molecular formula is C39H32O15. The maximum Gasteiger partial charge on any atom is 0.312 e. The molecule has 6 atom stereocenters. The van der Waals surface area contributed by atoms with Gasteiger partial charge in [0.15, 0.2) is 40.6 Å². The fraction of sp³-hybridized carbons (Fsp3) is 0.205. The van der Waals surface area contributed by atoms with Crippen LogP contribution >= 0.6 is 0 Å². The summed E-state index contributed by atoms with van der Waals surface area (Å²) in [4.78, 5) is 12.9. The Hall–Kier alpha value is -6.71. The first-order valence-electron chi connectivity index (χ1n) is 16.6. The van der Waals surface area contributed by atoms with Crippen LogP contribution in [0.3, 0.4) is 0 Å². The van der Waals surface area contributed by atoms with Gasteiger partial charge in [0.05, 0.1) is 18.4 Å². The minimum absolute atomic E-state index is 0.0254. The number of hydrogen-bond acceptors (Lipinski definition) is 15. The van der Waals surface area contributed by atoms with Crippen molar-refractivity contribution in [2.24, 2.45) is 0 Å². The summed E-state index contributed by atoms with van der Waals surface area (Å²) in [5, 5.41) is 119. The standard InChI is InChI=1S/C39H32O15/c40-19-4-1-14(7-23(19)44)17-11-30(50)52-29-13-27(48)33-34(35(51)37(54-39(33)31(17)29)16-3-6-21(42)25(46)9-16)32-26(47)12-22(43)18-10-28(49)36(53-38(18)32)15-2-5-20(41)24(45)8-15/h1-9,12-13,17,28,34-37,40-49,51H,10-11H2/t17-,28+,34+,35-,36-,37-/m1/s1. The summed E-state index contributed by atoms with van der Waals surface area (Å²) in [5.74, 6) is -8.07. The maximum atomic E-state index is 12.9. The highest BCUT2D eigenvalue weighted by Crippen LogP contribution is 2.60. The molecule has 15 nitrogen and oxygen atoms in total. The van der Waals surface area contributed by atoms with Gasteiger partial charge in [0, 0.05) is 46.7 Å². The van der Waals surface area contributed by atoms with E-state index >= 15 is 0 Å². The van der Waals surface area contributed by atoms with E-state index in [-0.39, 0.29) is 63.5 Å². The molecule has 0 saturated heterocycles. The van der Waals surface area contributed by atoms with Gasteiger partial charge in [0.1, 0.15) is 46.7 Å². The van der Waals surface area contributed by atoms with Crippen molar-refractivity contribution in [2.45, 2.75) is 49.1 Å². The minimum Gasteiger partial charge on any atom is -0.507 e. The van der Waals surface area contributed by atoms with E-state index in [0.717, 1.165) is 24.3 Å². The van der Waals surface area contributed by atoms with Crippen molar-refractivity contribution in [2.75, 3.05) is 0 Å². The van der Waals surface area contributed by atoms with Crippen LogP contribution in [0.25, 0.3) is 0 Å². The molecule has 0 saturated carbocycles. The summed E-state index contributed by atoms with van der Waals surface area (Å²) >= 11 is 0. The van der Waals surface area contributed by atoms with E-state index in [1.54, 1.807) is 0 Å². The van der Waals surface area contributed by atoms with Crippen LogP contribution in [0.5, 0.6) is 69.0 Å². The van der Waals surface area contributed by atoms with E-state index in [0.29, 0.717) is 5.56 Å². The van der Waals surface area contributed by atoms with Gasteiger partial charge in [-0.3, -0.25) is 4.79 Å². The van der Waals surface area contributed by atoms with Crippen molar-refractivity contribution in [3.63, 3.8) is 0 Å². The third-order valence-electron chi connectivity index (χ3n) is 10.2. The number of carbonyl (C=O) groups excluding carboxylic acids is 1. The zero-order chi connectivity index (χ0) is 38.3. The SMILES string of the molecule is O=C1C[C@H](c2ccc(O)c(O)c2)c2c(cc(O)c3c2O[C@H](c2ccc(O)c(O)c2)[C@H](O)[C@H]3c2c(O)cc(O)c3c2O[C@H](c2ccc(O)c(O)c2)[C@@H](O)C3)O1. The third kappa shape index (κ3) is 5.40. The normalized spacial score (nSPS) is 22.9. The number of fused-ring (bicyclic) bond motifs is 4. The molecule has 0 fully saturated rings. The number of aliphatic hydroxyl groups excluding tert-OH is 2. The smallest absolute Gasteiger partial charge is 0.312 e. The summed E-state index contributed by atoms with van der Waals surface area (Å²) in [6.07, 6.45) is -6.28. The Kier molecular flexibility index (Phi) is 7.93. The number of carbonyl (C=O) groups is 1. The second kappa shape index (κ2) is 12.5. The molecule has 3 aliphatic rings. The van der Waals surface area contributed by atoms with Crippen molar-refractivity contribution < 1.29 is 75.2 Å². The predicted molar refractivity (Wildman–Crippen MR) is 184 cm³/mol. The Morgan fingerprint density at radius 3 is 1.63 bits per heavy atom. The highest BCUT2D eigenvalue weighted by Gasteiger charge is 2.49. The molecule has 0 bridgehead atoms. The van der Waals surface area contributed by atoms with Crippen molar-refractivity contribution in [1.29, 1.82) is 0 Å². The number of phenols is 9. The quantitative estimate of drug-likeness (QED) is 0.0702. The molecule has 5 aromatic carbocycles. The highest BCUT2D eigenvalue weighted by molar-refractivity contribution is 5.81. The first-order valence-corrected chi connectivity index (χ1v) is 16.6. The summed E-state index contributed by atoms with van der Waals surface area (Å²) in [7, 11) is 0. The van der Waals surface area contributed by atoms with Gasteiger partial charge in [0.25, 0.3) is 0 Å². The molecule has 3 aliphatic heterocycles. The van der Waals surface area contributed by atoms with Gasteiger partial charge in [-0.25, -0.2) is 0 Å². The topological polar surface area (TPSA) is 267 Å². The molecule has 3 heterocycles. The Balaban J connectivity index is 1.39. The van der Waals surface area contributed by atoms with Crippen LogP contribution < -0.4 is 14.2 Å².